The number of ether oxygens (including phenoxy) is 1. The first kappa shape index (κ1) is 19.4. The van der Waals surface area contributed by atoms with Crippen LogP contribution in [0, 0.1) is 0 Å². The molecule has 0 spiro atoms. The minimum absolute atomic E-state index is 0.0466. The molecule has 7 heteroatoms. The summed E-state index contributed by atoms with van der Waals surface area (Å²) in [5.41, 5.74) is 2.93. The highest BCUT2D eigenvalue weighted by molar-refractivity contribution is 6.43. The van der Waals surface area contributed by atoms with Crippen molar-refractivity contribution >= 4 is 40.5 Å². The van der Waals surface area contributed by atoms with Crippen LogP contribution in [-0.4, -0.2) is 50.1 Å². The Morgan fingerprint density at radius 2 is 1.89 bits per heavy atom. The molecule has 2 aliphatic rings. The van der Waals surface area contributed by atoms with Gasteiger partial charge in [-0.15, -0.1) is 0 Å². The topological polar surface area (TPSA) is 44.8 Å². The summed E-state index contributed by atoms with van der Waals surface area (Å²) in [6, 6.07) is 11.6. The van der Waals surface area contributed by atoms with Gasteiger partial charge in [0.15, 0.2) is 0 Å². The van der Waals surface area contributed by atoms with Crippen LogP contribution in [0.15, 0.2) is 36.4 Å². The number of amides is 1. The molecule has 0 atom stereocenters. The highest BCUT2D eigenvalue weighted by atomic mass is 35.5. The van der Waals surface area contributed by atoms with Crippen LogP contribution in [0.1, 0.15) is 12.0 Å². The number of benzene rings is 2. The maximum atomic E-state index is 11.4. The predicted molar refractivity (Wildman–Crippen MR) is 114 cm³/mol. The van der Waals surface area contributed by atoms with Crippen LogP contribution >= 0.6 is 23.2 Å². The molecule has 0 unspecified atom stereocenters. The second-order valence-electron chi connectivity index (χ2n) is 7.15. The van der Waals surface area contributed by atoms with Crippen LogP contribution in [0.5, 0.6) is 5.75 Å². The molecule has 0 aromatic heterocycles. The SMILES string of the molecule is O=C1Cc2cc(OCCCN3CCN(c4cccc(Cl)c4Cl)CC3)ccc2N1. The Morgan fingerprint density at radius 1 is 1.07 bits per heavy atom. The van der Waals surface area contributed by atoms with Crippen molar-refractivity contribution in [1.29, 1.82) is 0 Å². The molecule has 4 rings (SSSR count). The summed E-state index contributed by atoms with van der Waals surface area (Å²) in [6.45, 7) is 5.53. The molecule has 0 aliphatic carbocycles. The molecule has 148 valence electrons. The van der Waals surface area contributed by atoms with E-state index in [0.29, 0.717) is 23.1 Å². The van der Waals surface area contributed by atoms with E-state index in [9.17, 15) is 4.79 Å². The molecule has 2 aromatic rings. The van der Waals surface area contributed by atoms with E-state index in [1.807, 2.05) is 36.4 Å². The number of rotatable bonds is 6. The first-order chi connectivity index (χ1) is 13.6. The Balaban J connectivity index is 1.20. The Morgan fingerprint density at radius 3 is 2.71 bits per heavy atom. The van der Waals surface area contributed by atoms with Crippen molar-refractivity contribution in [1.82, 2.24) is 4.90 Å². The molecule has 2 aliphatic heterocycles. The molecule has 1 N–H and O–H groups in total. The van der Waals surface area contributed by atoms with Gasteiger partial charge in [-0.05, 0) is 42.3 Å². The van der Waals surface area contributed by atoms with E-state index in [-0.39, 0.29) is 5.91 Å². The van der Waals surface area contributed by atoms with Gasteiger partial charge in [0.1, 0.15) is 5.75 Å². The number of halogens is 2. The molecule has 2 aromatic carbocycles. The highest BCUT2D eigenvalue weighted by Gasteiger charge is 2.20. The van der Waals surface area contributed by atoms with Crippen molar-refractivity contribution in [3.8, 4) is 5.75 Å². The third-order valence-corrected chi connectivity index (χ3v) is 6.04. The van der Waals surface area contributed by atoms with Crippen LogP contribution in [0.2, 0.25) is 10.0 Å². The summed E-state index contributed by atoms with van der Waals surface area (Å²) < 4.78 is 5.87. The third kappa shape index (κ3) is 4.37. The fraction of sp³-hybridized carbons (Fsp3) is 0.381. The smallest absolute Gasteiger partial charge is 0.228 e. The minimum Gasteiger partial charge on any atom is -0.494 e. The zero-order valence-corrected chi connectivity index (χ0v) is 17.1. The summed E-state index contributed by atoms with van der Waals surface area (Å²) in [6.07, 6.45) is 1.40. The van der Waals surface area contributed by atoms with Gasteiger partial charge in [-0.3, -0.25) is 9.69 Å². The van der Waals surface area contributed by atoms with E-state index in [2.05, 4.69) is 15.1 Å². The summed E-state index contributed by atoms with van der Waals surface area (Å²) >= 11 is 12.5. The maximum absolute atomic E-state index is 11.4. The highest BCUT2D eigenvalue weighted by Crippen LogP contribution is 2.33. The average molecular weight is 420 g/mol. The molecule has 1 fully saturated rings. The first-order valence-electron chi connectivity index (χ1n) is 9.57. The number of carbonyl (C=O) groups is 1. The van der Waals surface area contributed by atoms with Gasteiger partial charge in [-0.2, -0.15) is 0 Å². The molecular formula is C21H23Cl2N3O2. The average Bonchev–Trinajstić information content (AvgIpc) is 3.07. The lowest BCUT2D eigenvalue weighted by atomic mass is 10.1. The zero-order chi connectivity index (χ0) is 19.5. The number of piperazine rings is 1. The lowest BCUT2D eigenvalue weighted by molar-refractivity contribution is -0.115. The van der Waals surface area contributed by atoms with Gasteiger partial charge < -0.3 is 15.0 Å². The standard InChI is InChI=1S/C21H23Cl2N3O2/c22-17-3-1-4-19(21(17)23)26-10-8-25(9-11-26)7-2-12-28-16-5-6-18-15(13-16)14-20(27)24-18/h1,3-6,13H,2,7-12,14H2,(H,24,27). The molecule has 0 bridgehead atoms. The van der Waals surface area contributed by atoms with E-state index in [4.69, 9.17) is 27.9 Å². The number of hydrogen-bond acceptors (Lipinski definition) is 4. The van der Waals surface area contributed by atoms with E-state index in [0.717, 1.165) is 61.8 Å². The van der Waals surface area contributed by atoms with Gasteiger partial charge in [-0.25, -0.2) is 0 Å². The van der Waals surface area contributed by atoms with Crippen LogP contribution in [0.3, 0.4) is 0 Å². The van der Waals surface area contributed by atoms with Crippen molar-refractivity contribution in [2.24, 2.45) is 0 Å². The molecule has 28 heavy (non-hydrogen) atoms. The number of fused-ring (bicyclic) bond motifs is 1. The van der Waals surface area contributed by atoms with Crippen molar-refractivity contribution in [3.63, 3.8) is 0 Å². The molecule has 2 heterocycles. The molecule has 1 amide bonds. The van der Waals surface area contributed by atoms with Crippen LogP contribution < -0.4 is 15.0 Å². The number of hydrogen-bond donors (Lipinski definition) is 1. The largest absolute Gasteiger partial charge is 0.494 e. The summed E-state index contributed by atoms with van der Waals surface area (Å²) in [7, 11) is 0. The van der Waals surface area contributed by atoms with E-state index in [1.54, 1.807) is 0 Å². The van der Waals surface area contributed by atoms with Gasteiger partial charge in [0.2, 0.25) is 5.91 Å². The number of nitrogens with zero attached hydrogens (tertiary/aromatic N) is 2. The van der Waals surface area contributed by atoms with Crippen molar-refractivity contribution < 1.29 is 9.53 Å². The Hall–Kier alpha value is -1.95. The van der Waals surface area contributed by atoms with E-state index in [1.165, 1.54) is 0 Å². The van der Waals surface area contributed by atoms with E-state index < -0.39 is 0 Å². The normalized spacial score (nSPS) is 16.8. The van der Waals surface area contributed by atoms with Crippen LogP contribution in [0.4, 0.5) is 11.4 Å². The molecule has 0 saturated carbocycles. The Bertz CT molecular complexity index is 867. The molecule has 0 radical (unpaired) electrons. The minimum atomic E-state index is 0.0466. The van der Waals surface area contributed by atoms with E-state index >= 15 is 0 Å². The quantitative estimate of drug-likeness (QED) is 0.716. The lowest BCUT2D eigenvalue weighted by Gasteiger charge is -2.36. The van der Waals surface area contributed by atoms with Crippen molar-refractivity contribution in [2.45, 2.75) is 12.8 Å². The first-order valence-corrected chi connectivity index (χ1v) is 10.3. The number of carbonyl (C=O) groups excluding carboxylic acids is 1. The number of nitrogens with one attached hydrogen (secondary N) is 1. The molecule has 5 nitrogen and oxygen atoms in total. The lowest BCUT2D eigenvalue weighted by Crippen LogP contribution is -2.46. The van der Waals surface area contributed by atoms with Gasteiger partial charge in [-0.1, -0.05) is 29.3 Å². The second kappa shape index (κ2) is 8.60. The van der Waals surface area contributed by atoms with Gasteiger partial charge in [0.25, 0.3) is 0 Å². The summed E-state index contributed by atoms with van der Waals surface area (Å²) in [5, 5.41) is 4.07. The predicted octanol–water partition coefficient (Wildman–Crippen LogP) is 4.08. The third-order valence-electron chi connectivity index (χ3n) is 5.23. The van der Waals surface area contributed by atoms with Gasteiger partial charge in [0.05, 0.1) is 28.8 Å². The van der Waals surface area contributed by atoms with Crippen LogP contribution in [-0.2, 0) is 11.2 Å². The maximum Gasteiger partial charge on any atom is 0.228 e. The summed E-state index contributed by atoms with van der Waals surface area (Å²) in [4.78, 5) is 16.2. The number of anilines is 2. The monoisotopic (exact) mass is 419 g/mol. The molecule has 1 saturated heterocycles. The van der Waals surface area contributed by atoms with Gasteiger partial charge >= 0.3 is 0 Å². The van der Waals surface area contributed by atoms with Gasteiger partial charge in [0, 0.05) is 38.4 Å². The second-order valence-corrected chi connectivity index (χ2v) is 7.93. The van der Waals surface area contributed by atoms with Crippen molar-refractivity contribution in [2.75, 3.05) is 49.5 Å². The van der Waals surface area contributed by atoms with Crippen molar-refractivity contribution in [3.05, 3.63) is 52.0 Å². The Kier molecular flexibility index (Phi) is 5.95. The molecular weight excluding hydrogens is 397 g/mol. The zero-order valence-electron chi connectivity index (χ0n) is 15.6. The van der Waals surface area contributed by atoms with Crippen LogP contribution in [0.25, 0.3) is 0 Å². The fourth-order valence-corrected chi connectivity index (χ4v) is 4.14. The summed E-state index contributed by atoms with van der Waals surface area (Å²) in [5.74, 6) is 0.876. The fourth-order valence-electron chi connectivity index (χ4n) is 3.72. The Labute approximate surface area is 175 Å².